The Labute approximate surface area is 85.1 Å². The van der Waals surface area contributed by atoms with Crippen LogP contribution in [0.1, 0.15) is 30.9 Å². The number of Topliss-reactive ketones (excluding diaryl/α,β-unsaturated/α-hetero) is 1. The standard InChI is InChI=1S/C12H17NO/c1-2-12(14)8-7-10-5-3-4-6-11(10)9-13/h3-6H,2,7-9,13H2,1H3. The molecule has 2 heteroatoms. The lowest BCUT2D eigenvalue weighted by atomic mass is 10.0. The van der Waals surface area contributed by atoms with E-state index in [1.165, 1.54) is 5.56 Å². The van der Waals surface area contributed by atoms with Gasteiger partial charge in [-0.25, -0.2) is 0 Å². The van der Waals surface area contributed by atoms with Crippen LogP contribution in [0.3, 0.4) is 0 Å². The van der Waals surface area contributed by atoms with Gasteiger partial charge in [0.15, 0.2) is 0 Å². The highest BCUT2D eigenvalue weighted by atomic mass is 16.1. The minimum absolute atomic E-state index is 0.317. The van der Waals surface area contributed by atoms with Crippen LogP contribution >= 0.6 is 0 Å². The number of nitrogens with two attached hydrogens (primary N) is 1. The van der Waals surface area contributed by atoms with Gasteiger partial charge in [0, 0.05) is 19.4 Å². The average molecular weight is 191 g/mol. The normalized spacial score (nSPS) is 10.1. The molecule has 1 aromatic rings. The number of rotatable bonds is 5. The molecule has 1 rings (SSSR count). The first kappa shape index (κ1) is 10.9. The number of aryl methyl sites for hydroxylation is 1. The molecule has 0 unspecified atom stereocenters. The molecule has 0 atom stereocenters. The van der Waals surface area contributed by atoms with Gasteiger partial charge in [-0.15, -0.1) is 0 Å². The van der Waals surface area contributed by atoms with E-state index in [-0.39, 0.29) is 0 Å². The Morgan fingerprint density at radius 1 is 1.29 bits per heavy atom. The summed E-state index contributed by atoms with van der Waals surface area (Å²) < 4.78 is 0. The first-order valence-corrected chi connectivity index (χ1v) is 5.06. The van der Waals surface area contributed by atoms with Gasteiger partial charge in [0.2, 0.25) is 0 Å². The minimum Gasteiger partial charge on any atom is -0.326 e. The zero-order valence-electron chi connectivity index (χ0n) is 8.62. The molecule has 0 saturated carbocycles. The molecule has 0 fully saturated rings. The predicted molar refractivity (Wildman–Crippen MR) is 58.0 cm³/mol. The maximum Gasteiger partial charge on any atom is 0.132 e. The molecule has 0 aliphatic carbocycles. The van der Waals surface area contributed by atoms with Crippen LogP contribution in [0.2, 0.25) is 0 Å². The summed E-state index contributed by atoms with van der Waals surface area (Å²) in [5.74, 6) is 0.317. The monoisotopic (exact) mass is 191 g/mol. The van der Waals surface area contributed by atoms with E-state index in [1.54, 1.807) is 0 Å². The second kappa shape index (κ2) is 5.55. The molecule has 0 radical (unpaired) electrons. The van der Waals surface area contributed by atoms with Gasteiger partial charge in [0.25, 0.3) is 0 Å². The molecule has 1 aromatic carbocycles. The molecule has 2 N–H and O–H groups in total. The van der Waals surface area contributed by atoms with Crippen LogP contribution in [0.4, 0.5) is 0 Å². The van der Waals surface area contributed by atoms with Crippen molar-refractivity contribution in [3.8, 4) is 0 Å². The highest BCUT2D eigenvalue weighted by Crippen LogP contribution is 2.10. The molecular formula is C12H17NO. The quantitative estimate of drug-likeness (QED) is 0.774. The maximum absolute atomic E-state index is 11.2. The van der Waals surface area contributed by atoms with Gasteiger partial charge in [-0.1, -0.05) is 31.2 Å². The first-order chi connectivity index (χ1) is 6.77. The lowest BCUT2D eigenvalue weighted by Gasteiger charge is -2.05. The van der Waals surface area contributed by atoms with E-state index < -0.39 is 0 Å². The van der Waals surface area contributed by atoms with Crippen molar-refractivity contribution in [1.82, 2.24) is 0 Å². The summed E-state index contributed by atoms with van der Waals surface area (Å²) in [4.78, 5) is 11.2. The second-order valence-corrected chi connectivity index (χ2v) is 3.37. The summed E-state index contributed by atoms with van der Waals surface area (Å²) in [5, 5.41) is 0. The van der Waals surface area contributed by atoms with Crippen LogP contribution in [-0.2, 0) is 17.8 Å². The zero-order valence-corrected chi connectivity index (χ0v) is 8.62. The number of carbonyl (C=O) groups is 1. The van der Waals surface area contributed by atoms with Crippen molar-refractivity contribution < 1.29 is 4.79 Å². The average Bonchev–Trinajstić information content (AvgIpc) is 2.26. The largest absolute Gasteiger partial charge is 0.326 e. The van der Waals surface area contributed by atoms with E-state index >= 15 is 0 Å². The summed E-state index contributed by atoms with van der Waals surface area (Å²) in [6.07, 6.45) is 2.08. The summed E-state index contributed by atoms with van der Waals surface area (Å²) >= 11 is 0. The molecule has 0 saturated heterocycles. The van der Waals surface area contributed by atoms with Crippen molar-refractivity contribution in [2.45, 2.75) is 32.7 Å². The predicted octanol–water partition coefficient (Wildman–Crippen LogP) is 2.06. The highest BCUT2D eigenvalue weighted by molar-refractivity contribution is 5.78. The molecule has 0 aliphatic heterocycles. The topological polar surface area (TPSA) is 43.1 Å². The Morgan fingerprint density at radius 3 is 2.50 bits per heavy atom. The third-order valence-corrected chi connectivity index (χ3v) is 2.41. The summed E-state index contributed by atoms with van der Waals surface area (Å²) in [7, 11) is 0. The first-order valence-electron chi connectivity index (χ1n) is 5.06. The number of hydrogen-bond acceptors (Lipinski definition) is 2. The van der Waals surface area contributed by atoms with Crippen LogP contribution in [0.25, 0.3) is 0 Å². The Bertz CT molecular complexity index is 307. The fourth-order valence-electron chi connectivity index (χ4n) is 1.45. The van der Waals surface area contributed by atoms with Gasteiger partial charge in [-0.2, -0.15) is 0 Å². The van der Waals surface area contributed by atoms with Gasteiger partial charge in [0.1, 0.15) is 5.78 Å². The lowest BCUT2D eigenvalue weighted by molar-refractivity contribution is -0.118. The Hall–Kier alpha value is -1.15. The van der Waals surface area contributed by atoms with E-state index in [9.17, 15) is 4.79 Å². The third-order valence-electron chi connectivity index (χ3n) is 2.41. The van der Waals surface area contributed by atoms with E-state index in [0.29, 0.717) is 25.2 Å². The Morgan fingerprint density at radius 2 is 1.93 bits per heavy atom. The SMILES string of the molecule is CCC(=O)CCc1ccccc1CN. The van der Waals surface area contributed by atoms with Crippen molar-refractivity contribution in [3.63, 3.8) is 0 Å². The zero-order chi connectivity index (χ0) is 10.4. The smallest absolute Gasteiger partial charge is 0.132 e. The third kappa shape index (κ3) is 2.96. The van der Waals surface area contributed by atoms with Crippen LogP contribution in [-0.4, -0.2) is 5.78 Å². The van der Waals surface area contributed by atoms with Crippen LogP contribution in [0.5, 0.6) is 0 Å². The lowest BCUT2D eigenvalue weighted by Crippen LogP contribution is -2.04. The van der Waals surface area contributed by atoms with Crippen molar-refractivity contribution in [3.05, 3.63) is 35.4 Å². The van der Waals surface area contributed by atoms with E-state index in [4.69, 9.17) is 5.73 Å². The van der Waals surface area contributed by atoms with Gasteiger partial charge in [-0.3, -0.25) is 4.79 Å². The number of hydrogen-bond donors (Lipinski definition) is 1. The molecule has 0 aliphatic rings. The van der Waals surface area contributed by atoms with Crippen LogP contribution in [0.15, 0.2) is 24.3 Å². The van der Waals surface area contributed by atoms with Gasteiger partial charge in [-0.05, 0) is 17.5 Å². The number of carbonyl (C=O) groups excluding carboxylic acids is 1. The van der Waals surface area contributed by atoms with E-state index in [2.05, 4.69) is 0 Å². The molecule has 0 bridgehead atoms. The maximum atomic E-state index is 11.2. The van der Waals surface area contributed by atoms with Crippen LogP contribution < -0.4 is 5.73 Å². The van der Waals surface area contributed by atoms with E-state index in [1.807, 2.05) is 31.2 Å². The van der Waals surface area contributed by atoms with Crippen molar-refractivity contribution in [1.29, 1.82) is 0 Å². The molecule has 76 valence electrons. The number of ketones is 1. The molecule has 0 amide bonds. The Balaban J connectivity index is 2.61. The van der Waals surface area contributed by atoms with Crippen molar-refractivity contribution in [2.24, 2.45) is 5.73 Å². The molecule has 0 heterocycles. The van der Waals surface area contributed by atoms with Crippen LogP contribution in [0, 0.1) is 0 Å². The van der Waals surface area contributed by atoms with Gasteiger partial charge < -0.3 is 5.73 Å². The van der Waals surface area contributed by atoms with Crippen molar-refractivity contribution >= 4 is 5.78 Å². The molecule has 0 spiro atoms. The van der Waals surface area contributed by atoms with Gasteiger partial charge >= 0.3 is 0 Å². The van der Waals surface area contributed by atoms with E-state index in [0.717, 1.165) is 12.0 Å². The van der Waals surface area contributed by atoms with Crippen molar-refractivity contribution in [2.75, 3.05) is 0 Å². The number of benzene rings is 1. The highest BCUT2D eigenvalue weighted by Gasteiger charge is 2.02. The minimum atomic E-state index is 0.317. The summed E-state index contributed by atoms with van der Waals surface area (Å²) in [5.41, 5.74) is 7.96. The molecule has 0 aromatic heterocycles. The fourth-order valence-corrected chi connectivity index (χ4v) is 1.45. The summed E-state index contributed by atoms with van der Waals surface area (Å²) in [6.45, 7) is 2.45. The summed E-state index contributed by atoms with van der Waals surface area (Å²) in [6, 6.07) is 8.04. The fraction of sp³-hybridized carbons (Fsp3) is 0.417. The second-order valence-electron chi connectivity index (χ2n) is 3.37. The molecule has 14 heavy (non-hydrogen) atoms. The Kier molecular flexibility index (Phi) is 4.33. The van der Waals surface area contributed by atoms with Gasteiger partial charge in [0.05, 0.1) is 0 Å². The molecular weight excluding hydrogens is 174 g/mol. The molecule has 2 nitrogen and oxygen atoms in total.